The Morgan fingerprint density at radius 2 is 1.73 bits per heavy atom. The molecule has 2 atom stereocenters. The minimum absolute atomic E-state index is 0. The zero-order chi connectivity index (χ0) is 10.0. The van der Waals surface area contributed by atoms with Crippen LogP contribution in [0.1, 0.15) is 51.9 Å². The van der Waals surface area contributed by atoms with Gasteiger partial charge in [-0.1, -0.05) is 19.3 Å². The fraction of sp³-hybridized carbons (Fsp3) is 1.00. The molecule has 2 nitrogen and oxygen atoms in total. The van der Waals surface area contributed by atoms with Crippen molar-refractivity contribution in [2.24, 2.45) is 5.92 Å². The van der Waals surface area contributed by atoms with Crippen molar-refractivity contribution in [3.8, 4) is 0 Å². The molecular formula is C12H24ClNO. The van der Waals surface area contributed by atoms with E-state index in [4.69, 9.17) is 0 Å². The Hall–Kier alpha value is 0.210. The van der Waals surface area contributed by atoms with E-state index in [0.29, 0.717) is 5.92 Å². The van der Waals surface area contributed by atoms with Gasteiger partial charge in [-0.15, -0.1) is 12.4 Å². The summed E-state index contributed by atoms with van der Waals surface area (Å²) in [6, 6.07) is 0. The van der Waals surface area contributed by atoms with Crippen LogP contribution in [0.4, 0.5) is 0 Å². The average molecular weight is 234 g/mol. The van der Waals surface area contributed by atoms with E-state index in [1.807, 2.05) is 0 Å². The highest BCUT2D eigenvalue weighted by Gasteiger charge is 2.41. The van der Waals surface area contributed by atoms with Gasteiger partial charge in [0, 0.05) is 5.54 Å². The van der Waals surface area contributed by atoms with Crippen molar-refractivity contribution in [1.29, 1.82) is 0 Å². The number of aliphatic hydroxyl groups is 1. The highest BCUT2D eigenvalue weighted by Crippen LogP contribution is 2.37. The molecule has 2 fully saturated rings. The number of piperidine rings is 1. The number of aliphatic hydroxyl groups excluding tert-OH is 1. The van der Waals surface area contributed by atoms with E-state index in [0.717, 1.165) is 19.4 Å². The number of hydrogen-bond donors (Lipinski definition) is 2. The lowest BCUT2D eigenvalue weighted by Gasteiger charge is -2.46. The molecule has 0 amide bonds. The number of rotatable bonds is 1. The molecular weight excluding hydrogens is 210 g/mol. The van der Waals surface area contributed by atoms with Crippen LogP contribution in [0.5, 0.6) is 0 Å². The van der Waals surface area contributed by atoms with E-state index < -0.39 is 0 Å². The van der Waals surface area contributed by atoms with Gasteiger partial charge in [0.25, 0.3) is 0 Å². The first-order valence-corrected chi connectivity index (χ1v) is 6.16. The molecule has 0 aromatic carbocycles. The van der Waals surface area contributed by atoms with Crippen molar-refractivity contribution < 1.29 is 5.11 Å². The van der Waals surface area contributed by atoms with Gasteiger partial charge in [-0.05, 0) is 45.1 Å². The summed E-state index contributed by atoms with van der Waals surface area (Å²) in [4.78, 5) is 0. The maximum absolute atomic E-state index is 10.1. The first-order valence-electron chi connectivity index (χ1n) is 6.16. The van der Waals surface area contributed by atoms with Crippen molar-refractivity contribution in [2.45, 2.75) is 63.5 Å². The second-order valence-corrected chi connectivity index (χ2v) is 5.20. The fourth-order valence-electron chi connectivity index (χ4n) is 3.19. The molecule has 2 rings (SSSR count). The highest BCUT2D eigenvalue weighted by atomic mass is 35.5. The van der Waals surface area contributed by atoms with Crippen LogP contribution in [0.2, 0.25) is 0 Å². The monoisotopic (exact) mass is 233 g/mol. The first-order chi connectivity index (χ1) is 6.73. The Labute approximate surface area is 99.2 Å². The maximum atomic E-state index is 10.1. The molecule has 1 saturated heterocycles. The molecule has 0 aromatic rings. The van der Waals surface area contributed by atoms with Crippen LogP contribution in [-0.2, 0) is 0 Å². The highest BCUT2D eigenvalue weighted by molar-refractivity contribution is 5.85. The summed E-state index contributed by atoms with van der Waals surface area (Å²) in [7, 11) is 0. The van der Waals surface area contributed by atoms with E-state index in [1.165, 1.54) is 32.1 Å². The van der Waals surface area contributed by atoms with Gasteiger partial charge in [-0.25, -0.2) is 0 Å². The summed E-state index contributed by atoms with van der Waals surface area (Å²) in [5.74, 6) is 0.701. The summed E-state index contributed by atoms with van der Waals surface area (Å²) in [6.45, 7) is 3.32. The smallest absolute Gasteiger partial charge is 0.0722 e. The normalized spacial score (nSPS) is 38.4. The van der Waals surface area contributed by atoms with Crippen LogP contribution in [0.25, 0.3) is 0 Å². The third-order valence-electron chi connectivity index (χ3n) is 4.31. The summed E-state index contributed by atoms with van der Waals surface area (Å²) in [5.41, 5.74) is 0.0126. The minimum Gasteiger partial charge on any atom is -0.391 e. The van der Waals surface area contributed by atoms with Crippen LogP contribution in [0, 0.1) is 5.92 Å². The van der Waals surface area contributed by atoms with Crippen LogP contribution < -0.4 is 5.32 Å². The lowest BCUT2D eigenvalue weighted by Crippen LogP contribution is -2.60. The van der Waals surface area contributed by atoms with Crippen LogP contribution in [0.3, 0.4) is 0 Å². The predicted molar refractivity (Wildman–Crippen MR) is 65.5 cm³/mol. The van der Waals surface area contributed by atoms with Gasteiger partial charge in [0.15, 0.2) is 0 Å². The molecule has 3 heteroatoms. The third-order valence-corrected chi connectivity index (χ3v) is 4.31. The Morgan fingerprint density at radius 1 is 1.07 bits per heavy atom. The number of hydrogen-bond acceptors (Lipinski definition) is 2. The third kappa shape index (κ3) is 2.66. The molecule has 1 heterocycles. The average Bonchev–Trinajstić information content (AvgIpc) is 2.24. The summed E-state index contributed by atoms with van der Waals surface area (Å²) < 4.78 is 0. The standard InChI is InChI=1S/C12H23NO.ClH/c1-12(10-6-3-2-4-7-10)11(14)8-5-9-13-12;/h10-11,13-14H,2-9H2,1H3;1H. The first kappa shape index (κ1) is 13.3. The molecule has 0 bridgehead atoms. The zero-order valence-corrected chi connectivity index (χ0v) is 10.5. The fourth-order valence-corrected chi connectivity index (χ4v) is 3.19. The van der Waals surface area contributed by atoms with Crippen LogP contribution in [-0.4, -0.2) is 23.3 Å². The van der Waals surface area contributed by atoms with Gasteiger partial charge < -0.3 is 10.4 Å². The van der Waals surface area contributed by atoms with Crippen LogP contribution >= 0.6 is 12.4 Å². The van der Waals surface area contributed by atoms with Crippen molar-refractivity contribution in [3.05, 3.63) is 0 Å². The molecule has 1 aliphatic heterocycles. The quantitative estimate of drug-likeness (QED) is 0.730. The SMILES string of the molecule is CC1(C2CCCCC2)NCCCC1O.Cl. The van der Waals surface area contributed by atoms with E-state index in [9.17, 15) is 5.11 Å². The molecule has 2 N–H and O–H groups in total. The lowest BCUT2D eigenvalue weighted by atomic mass is 9.70. The van der Waals surface area contributed by atoms with Crippen molar-refractivity contribution >= 4 is 12.4 Å². The van der Waals surface area contributed by atoms with Gasteiger partial charge in [-0.3, -0.25) is 0 Å². The largest absolute Gasteiger partial charge is 0.391 e. The lowest BCUT2D eigenvalue weighted by molar-refractivity contribution is -0.00604. The molecule has 1 aliphatic carbocycles. The van der Waals surface area contributed by atoms with Crippen LogP contribution in [0.15, 0.2) is 0 Å². The van der Waals surface area contributed by atoms with E-state index in [-0.39, 0.29) is 24.0 Å². The summed E-state index contributed by atoms with van der Waals surface area (Å²) in [6.07, 6.45) is 8.70. The molecule has 1 saturated carbocycles. The maximum Gasteiger partial charge on any atom is 0.0722 e. The number of nitrogens with one attached hydrogen (secondary N) is 1. The molecule has 2 aliphatic rings. The molecule has 90 valence electrons. The topological polar surface area (TPSA) is 32.3 Å². The van der Waals surface area contributed by atoms with Gasteiger partial charge >= 0.3 is 0 Å². The Balaban J connectivity index is 0.00000112. The summed E-state index contributed by atoms with van der Waals surface area (Å²) >= 11 is 0. The Morgan fingerprint density at radius 3 is 2.33 bits per heavy atom. The van der Waals surface area contributed by atoms with Gasteiger partial charge in [-0.2, -0.15) is 0 Å². The molecule has 2 unspecified atom stereocenters. The van der Waals surface area contributed by atoms with E-state index in [2.05, 4.69) is 12.2 Å². The Bertz CT molecular complexity index is 194. The zero-order valence-electron chi connectivity index (χ0n) is 9.67. The molecule has 0 aromatic heterocycles. The van der Waals surface area contributed by atoms with E-state index >= 15 is 0 Å². The summed E-state index contributed by atoms with van der Waals surface area (Å²) in [5, 5.41) is 13.7. The van der Waals surface area contributed by atoms with Crippen molar-refractivity contribution in [3.63, 3.8) is 0 Å². The minimum atomic E-state index is -0.126. The molecule has 15 heavy (non-hydrogen) atoms. The van der Waals surface area contributed by atoms with Crippen molar-refractivity contribution in [2.75, 3.05) is 6.54 Å². The van der Waals surface area contributed by atoms with Gasteiger partial charge in [0.05, 0.1) is 6.10 Å². The number of halogens is 1. The molecule has 0 spiro atoms. The Kier molecular flexibility index (Phi) is 4.88. The predicted octanol–water partition coefficient (Wildman–Crippen LogP) is 2.49. The second-order valence-electron chi connectivity index (χ2n) is 5.20. The molecule has 0 radical (unpaired) electrons. The van der Waals surface area contributed by atoms with Crippen molar-refractivity contribution in [1.82, 2.24) is 5.32 Å². The van der Waals surface area contributed by atoms with Gasteiger partial charge in [0.1, 0.15) is 0 Å². The van der Waals surface area contributed by atoms with E-state index in [1.54, 1.807) is 0 Å². The van der Waals surface area contributed by atoms with Gasteiger partial charge in [0.2, 0.25) is 0 Å². The second kappa shape index (κ2) is 5.51.